The molecule has 0 saturated carbocycles. The summed E-state index contributed by atoms with van der Waals surface area (Å²) in [6.45, 7) is 4.03. The molecule has 94 valence electrons. The van der Waals surface area contributed by atoms with Crippen molar-refractivity contribution in [2.75, 3.05) is 11.4 Å². The van der Waals surface area contributed by atoms with Gasteiger partial charge in [-0.3, -0.25) is 4.79 Å². The summed E-state index contributed by atoms with van der Waals surface area (Å²) in [6.07, 6.45) is 5.62. The highest BCUT2D eigenvalue weighted by atomic mass is 32.1. The van der Waals surface area contributed by atoms with Crippen LogP contribution in [0.4, 0.5) is 5.00 Å². The minimum absolute atomic E-state index is 0.0956. The van der Waals surface area contributed by atoms with E-state index >= 15 is 0 Å². The smallest absolute Gasteiger partial charge is 0.339 e. The molecule has 1 amide bonds. The molecule has 5 heteroatoms. The van der Waals surface area contributed by atoms with Gasteiger partial charge in [-0.1, -0.05) is 0 Å². The van der Waals surface area contributed by atoms with Crippen molar-refractivity contribution in [1.82, 2.24) is 0 Å². The van der Waals surface area contributed by atoms with Gasteiger partial charge in [-0.2, -0.15) is 0 Å². The quantitative estimate of drug-likeness (QED) is 0.831. The first-order valence-corrected chi connectivity index (χ1v) is 6.37. The van der Waals surface area contributed by atoms with Crippen molar-refractivity contribution in [3.63, 3.8) is 0 Å². The molecule has 1 saturated heterocycles. The van der Waals surface area contributed by atoms with E-state index in [0.29, 0.717) is 18.0 Å². The van der Waals surface area contributed by atoms with Crippen molar-refractivity contribution >= 4 is 28.2 Å². The van der Waals surface area contributed by atoms with Gasteiger partial charge in [0, 0.05) is 23.8 Å². The summed E-state index contributed by atoms with van der Waals surface area (Å²) in [5.41, 5.74) is 0.947. The summed E-state index contributed by atoms with van der Waals surface area (Å²) >= 11 is 1.34. The maximum Gasteiger partial charge on any atom is 0.339 e. The number of hydrogen-bond acceptors (Lipinski definition) is 3. The molecule has 0 aliphatic carbocycles. The Kier molecular flexibility index (Phi) is 3.14. The van der Waals surface area contributed by atoms with E-state index in [-0.39, 0.29) is 17.4 Å². The van der Waals surface area contributed by atoms with Crippen molar-refractivity contribution in [2.45, 2.75) is 20.3 Å². The van der Waals surface area contributed by atoms with Crippen LogP contribution in [0.5, 0.6) is 0 Å². The van der Waals surface area contributed by atoms with Crippen LogP contribution in [0.15, 0.2) is 0 Å². The monoisotopic (exact) mass is 263 g/mol. The van der Waals surface area contributed by atoms with Gasteiger partial charge in [0.25, 0.3) is 0 Å². The van der Waals surface area contributed by atoms with Crippen LogP contribution in [-0.2, 0) is 4.79 Å². The number of carbonyl (C=O) groups is 2. The molecule has 0 aromatic carbocycles. The highest BCUT2D eigenvalue weighted by molar-refractivity contribution is 7.16. The zero-order valence-electron chi connectivity index (χ0n) is 10.2. The second-order valence-corrected chi connectivity index (χ2v) is 5.54. The Morgan fingerprint density at radius 3 is 2.72 bits per heavy atom. The van der Waals surface area contributed by atoms with E-state index in [1.165, 1.54) is 16.2 Å². The maximum absolute atomic E-state index is 11.9. The SMILES string of the molecule is C#CC1CC(=O)N(c2sc(C)c(C)c2C(=O)O)C1. The normalized spacial score (nSPS) is 19.1. The number of carbonyl (C=O) groups excluding carboxylic acids is 1. The van der Waals surface area contributed by atoms with Crippen LogP contribution < -0.4 is 4.90 Å². The molecule has 1 unspecified atom stereocenters. The third-order valence-corrected chi connectivity index (χ3v) is 4.42. The Bertz CT molecular complexity index is 568. The summed E-state index contributed by atoms with van der Waals surface area (Å²) in [4.78, 5) is 25.6. The minimum Gasteiger partial charge on any atom is -0.478 e. The number of amides is 1. The van der Waals surface area contributed by atoms with Crippen molar-refractivity contribution in [1.29, 1.82) is 0 Å². The number of carboxylic acids is 1. The first-order chi connectivity index (χ1) is 8.45. The molecule has 18 heavy (non-hydrogen) atoms. The molecule has 1 atom stereocenters. The predicted molar refractivity (Wildman–Crippen MR) is 70.0 cm³/mol. The van der Waals surface area contributed by atoms with Gasteiger partial charge in [0.05, 0.1) is 5.56 Å². The lowest BCUT2D eigenvalue weighted by molar-refractivity contribution is -0.117. The molecule has 4 nitrogen and oxygen atoms in total. The zero-order chi connectivity index (χ0) is 13.4. The molecule has 1 aromatic rings. The van der Waals surface area contributed by atoms with E-state index in [1.54, 1.807) is 6.92 Å². The van der Waals surface area contributed by atoms with E-state index in [4.69, 9.17) is 6.42 Å². The topological polar surface area (TPSA) is 57.6 Å². The summed E-state index contributed by atoms with van der Waals surface area (Å²) < 4.78 is 0. The summed E-state index contributed by atoms with van der Waals surface area (Å²) in [5, 5.41) is 9.77. The lowest BCUT2D eigenvalue weighted by Gasteiger charge is -2.14. The standard InChI is InChI=1S/C13H13NO3S/c1-4-9-5-10(15)14(6-9)12-11(13(16)17)7(2)8(3)18-12/h1,9H,5-6H2,2-3H3,(H,16,17). The van der Waals surface area contributed by atoms with Gasteiger partial charge in [-0.15, -0.1) is 23.7 Å². The summed E-state index contributed by atoms with van der Waals surface area (Å²) in [7, 11) is 0. The van der Waals surface area contributed by atoms with Gasteiger partial charge in [0.2, 0.25) is 5.91 Å². The Labute approximate surface area is 109 Å². The summed E-state index contributed by atoms with van der Waals surface area (Å²) in [5.74, 6) is 1.34. The van der Waals surface area contributed by atoms with Gasteiger partial charge in [-0.05, 0) is 19.4 Å². The molecule has 1 aliphatic heterocycles. The first-order valence-electron chi connectivity index (χ1n) is 5.55. The lowest BCUT2D eigenvalue weighted by Crippen LogP contribution is -2.25. The number of aromatic carboxylic acids is 1. The molecule has 0 radical (unpaired) electrons. The van der Waals surface area contributed by atoms with Crippen molar-refractivity contribution in [3.05, 3.63) is 16.0 Å². The number of rotatable bonds is 2. The Hall–Kier alpha value is -1.80. The van der Waals surface area contributed by atoms with Crippen molar-refractivity contribution in [2.24, 2.45) is 5.92 Å². The van der Waals surface area contributed by atoms with Gasteiger partial charge < -0.3 is 10.0 Å². The zero-order valence-corrected chi connectivity index (χ0v) is 11.0. The van der Waals surface area contributed by atoms with Gasteiger partial charge >= 0.3 is 5.97 Å². The Balaban J connectivity index is 2.47. The highest BCUT2D eigenvalue weighted by Gasteiger charge is 2.34. The molecule has 2 rings (SSSR count). The minimum atomic E-state index is -0.996. The molecule has 1 aliphatic rings. The molecule has 0 spiro atoms. The number of terminal acetylenes is 1. The van der Waals surface area contributed by atoms with Crippen LogP contribution in [0, 0.1) is 32.1 Å². The van der Waals surface area contributed by atoms with E-state index in [9.17, 15) is 14.7 Å². The van der Waals surface area contributed by atoms with Crippen LogP contribution in [0.3, 0.4) is 0 Å². The van der Waals surface area contributed by atoms with Crippen LogP contribution >= 0.6 is 11.3 Å². The lowest BCUT2D eigenvalue weighted by atomic mass is 10.1. The fourth-order valence-corrected chi connectivity index (χ4v) is 3.24. The van der Waals surface area contributed by atoms with E-state index < -0.39 is 5.97 Å². The Morgan fingerprint density at radius 1 is 1.56 bits per heavy atom. The third-order valence-electron chi connectivity index (χ3n) is 3.19. The van der Waals surface area contributed by atoms with E-state index in [0.717, 1.165) is 10.4 Å². The first kappa shape index (κ1) is 12.7. The summed E-state index contributed by atoms with van der Waals surface area (Å²) in [6, 6.07) is 0. The molecule has 2 heterocycles. The van der Waals surface area contributed by atoms with Crippen molar-refractivity contribution in [3.8, 4) is 12.3 Å². The van der Waals surface area contributed by atoms with Gasteiger partial charge in [0.1, 0.15) is 5.00 Å². The number of nitrogens with zero attached hydrogens (tertiary/aromatic N) is 1. The second-order valence-electron chi connectivity index (χ2n) is 4.34. The molecule has 1 aromatic heterocycles. The van der Waals surface area contributed by atoms with Crippen LogP contribution in [0.2, 0.25) is 0 Å². The van der Waals surface area contributed by atoms with Crippen LogP contribution in [0.1, 0.15) is 27.2 Å². The molecule has 1 N–H and O–H groups in total. The molecule has 1 fully saturated rings. The average Bonchev–Trinajstić information content (AvgIpc) is 2.81. The number of anilines is 1. The number of hydrogen-bond donors (Lipinski definition) is 1. The van der Waals surface area contributed by atoms with E-state index in [1.807, 2.05) is 6.92 Å². The number of thiophene rings is 1. The fourth-order valence-electron chi connectivity index (χ4n) is 2.07. The highest BCUT2D eigenvalue weighted by Crippen LogP contribution is 2.38. The maximum atomic E-state index is 11.9. The van der Waals surface area contributed by atoms with E-state index in [2.05, 4.69) is 5.92 Å². The number of carboxylic acid groups (broad SMARTS) is 1. The molecule has 0 bridgehead atoms. The largest absolute Gasteiger partial charge is 0.478 e. The van der Waals surface area contributed by atoms with Crippen LogP contribution in [-0.4, -0.2) is 23.5 Å². The molecular formula is C13H13NO3S. The number of aryl methyl sites for hydroxylation is 1. The third kappa shape index (κ3) is 1.89. The van der Waals surface area contributed by atoms with Crippen LogP contribution in [0.25, 0.3) is 0 Å². The van der Waals surface area contributed by atoms with Crippen molar-refractivity contribution < 1.29 is 14.7 Å². The van der Waals surface area contributed by atoms with Gasteiger partial charge in [-0.25, -0.2) is 4.79 Å². The fraction of sp³-hybridized carbons (Fsp3) is 0.385. The molecular weight excluding hydrogens is 250 g/mol. The average molecular weight is 263 g/mol. The van der Waals surface area contributed by atoms with Gasteiger partial charge in [0.15, 0.2) is 0 Å². The second kappa shape index (κ2) is 4.46. The predicted octanol–water partition coefficient (Wildman–Crippen LogP) is 2.05. The Morgan fingerprint density at radius 2 is 2.22 bits per heavy atom.